The number of aryl methyl sites for hydroxylation is 1. The number of H-pyrrole nitrogens is 3. The molecule has 0 aliphatic heterocycles. The molecule has 0 aromatic carbocycles. The number of carbonyl (C=O) groups is 1. The molecule has 218 valence electrons. The van der Waals surface area contributed by atoms with Gasteiger partial charge in [-0.05, 0) is 51.2 Å². The van der Waals surface area contributed by atoms with Crippen LogP contribution in [-0.2, 0) is 9.53 Å². The van der Waals surface area contributed by atoms with Crippen molar-refractivity contribution in [1.29, 1.82) is 0 Å². The number of anilines is 2. The Hall–Kier alpha value is -4.85. The largest absolute Gasteiger partial charge is 0.368 e. The van der Waals surface area contributed by atoms with Crippen molar-refractivity contribution in [2.75, 3.05) is 12.4 Å². The number of carbonyl (C=O) groups excluding carboxylic acids is 1. The van der Waals surface area contributed by atoms with Crippen LogP contribution in [0.15, 0.2) is 47.7 Å². The molecule has 5 aromatic rings. The minimum Gasteiger partial charge on any atom is -0.368 e. The summed E-state index contributed by atoms with van der Waals surface area (Å²) in [5.41, 5.74) is 2.44. The second-order valence-corrected chi connectivity index (χ2v) is 10.7. The van der Waals surface area contributed by atoms with Crippen LogP contribution in [0.1, 0.15) is 61.5 Å². The highest BCUT2D eigenvalue weighted by Crippen LogP contribution is 2.41. The fourth-order valence-electron chi connectivity index (χ4n) is 5.54. The summed E-state index contributed by atoms with van der Waals surface area (Å²) in [5.74, 6) is 1.00. The zero-order chi connectivity index (χ0) is 29.4. The van der Waals surface area contributed by atoms with Gasteiger partial charge in [-0.3, -0.25) is 9.89 Å². The van der Waals surface area contributed by atoms with Gasteiger partial charge in [-0.1, -0.05) is 6.07 Å². The minimum absolute atomic E-state index is 0.000930. The van der Waals surface area contributed by atoms with Crippen LogP contribution in [0.4, 0.5) is 16.0 Å². The summed E-state index contributed by atoms with van der Waals surface area (Å²) in [6.07, 6.45) is 6.21. The molecule has 0 unspecified atom stereocenters. The molecule has 1 aliphatic carbocycles. The van der Waals surface area contributed by atoms with Gasteiger partial charge >= 0.3 is 5.69 Å². The van der Waals surface area contributed by atoms with Crippen molar-refractivity contribution in [2.24, 2.45) is 0 Å². The molecule has 0 saturated heterocycles. The number of rotatable bonds is 8. The first kappa shape index (κ1) is 27.3. The molecule has 1 aliphatic rings. The molecule has 14 heteroatoms. The normalized spacial score (nSPS) is 19.6. The van der Waals surface area contributed by atoms with Gasteiger partial charge in [-0.25, -0.2) is 23.8 Å². The van der Waals surface area contributed by atoms with E-state index >= 15 is 0 Å². The number of aromatic amines is 3. The molecule has 5 heterocycles. The number of nitrogens with one attached hydrogen (secondary N) is 5. The Morgan fingerprint density at radius 1 is 1.19 bits per heavy atom. The number of halogens is 1. The molecule has 5 aromatic heterocycles. The predicted octanol–water partition coefficient (Wildman–Crippen LogP) is 3.67. The maximum atomic E-state index is 13.5. The number of pyridine rings is 2. The molecule has 0 bridgehead atoms. The van der Waals surface area contributed by atoms with E-state index in [1.165, 1.54) is 10.9 Å². The second kappa shape index (κ2) is 10.9. The monoisotopic (exact) mass is 574 g/mol. The fraction of sp³-hybridized carbons (Fsp3) is 0.357. The molecule has 5 N–H and O–H groups in total. The van der Waals surface area contributed by atoms with E-state index in [0.29, 0.717) is 54.2 Å². The molecule has 1 amide bonds. The Balaban J connectivity index is 1.16. The quantitative estimate of drug-likeness (QED) is 0.187. The van der Waals surface area contributed by atoms with Crippen molar-refractivity contribution in [1.82, 2.24) is 45.2 Å². The van der Waals surface area contributed by atoms with Crippen LogP contribution in [0.25, 0.3) is 16.9 Å². The van der Waals surface area contributed by atoms with E-state index < -0.39 is 11.4 Å². The molecular weight excluding hydrogens is 543 g/mol. The van der Waals surface area contributed by atoms with Crippen LogP contribution in [0.3, 0.4) is 0 Å². The zero-order valence-electron chi connectivity index (χ0n) is 23.4. The number of amides is 1. The summed E-state index contributed by atoms with van der Waals surface area (Å²) in [6.45, 7) is 3.78. The summed E-state index contributed by atoms with van der Waals surface area (Å²) in [6, 6.07) is 6.84. The molecule has 13 nitrogen and oxygen atoms in total. The van der Waals surface area contributed by atoms with Crippen molar-refractivity contribution >= 4 is 28.6 Å². The average Bonchev–Trinajstić information content (AvgIpc) is 3.71. The van der Waals surface area contributed by atoms with E-state index in [0.717, 1.165) is 23.1 Å². The molecule has 1 atom stereocenters. The molecule has 42 heavy (non-hydrogen) atoms. The van der Waals surface area contributed by atoms with Gasteiger partial charge in [0.15, 0.2) is 17.5 Å². The van der Waals surface area contributed by atoms with Crippen LogP contribution >= 0.6 is 0 Å². The van der Waals surface area contributed by atoms with Crippen molar-refractivity contribution in [3.05, 3.63) is 76.1 Å². The van der Waals surface area contributed by atoms with Crippen LogP contribution in [-0.4, -0.2) is 58.5 Å². The van der Waals surface area contributed by atoms with Gasteiger partial charge in [0.25, 0.3) is 5.91 Å². The number of ether oxygens (including phenoxy) is 1. The van der Waals surface area contributed by atoms with Crippen LogP contribution < -0.4 is 16.3 Å². The highest BCUT2D eigenvalue weighted by atomic mass is 19.1. The standard InChI is InChI=1S/C28H31FN10O3/c1-15-10-22(38-37-15)34-21-11-20-25(36-27(41)33-20)24(35-21)17-6-8-28(42-3,9-7-17)26(40)32-16(2)18-4-5-23(30-12-18)39-14-19(29)13-31-39/h4-5,10-14,16-17H,6-9H2,1-3H3,(H,32,40)(H2,33,36,41)(H2,34,35,37,38)/t16-,17-,28+/m0/s1. The summed E-state index contributed by atoms with van der Waals surface area (Å²) >= 11 is 0. The van der Waals surface area contributed by atoms with E-state index in [1.54, 1.807) is 25.4 Å². The number of methoxy groups -OCH3 is 1. The van der Waals surface area contributed by atoms with Crippen molar-refractivity contribution in [2.45, 2.75) is 57.1 Å². The molecule has 0 radical (unpaired) electrons. The molecule has 1 fully saturated rings. The Morgan fingerprint density at radius 2 is 2.00 bits per heavy atom. The van der Waals surface area contributed by atoms with Crippen LogP contribution in [0, 0.1) is 12.7 Å². The number of fused-ring (bicyclic) bond motifs is 1. The van der Waals surface area contributed by atoms with Gasteiger partial charge < -0.3 is 25.3 Å². The predicted molar refractivity (Wildman–Crippen MR) is 152 cm³/mol. The van der Waals surface area contributed by atoms with Gasteiger partial charge in [0, 0.05) is 37.1 Å². The van der Waals surface area contributed by atoms with E-state index in [-0.39, 0.29) is 23.6 Å². The van der Waals surface area contributed by atoms with Gasteiger partial charge in [-0.2, -0.15) is 10.2 Å². The lowest BCUT2D eigenvalue weighted by Crippen LogP contribution is -2.50. The SMILES string of the molecule is CO[C@]1(C(=O)N[C@@H](C)c2ccc(-n3cc(F)cn3)nc2)CC[C@H](c2nc(Nc3cc(C)[nH]n3)cc3[nH]c(=O)[nH]c32)CC1. The third-order valence-electron chi connectivity index (χ3n) is 7.88. The van der Waals surface area contributed by atoms with E-state index in [4.69, 9.17) is 9.72 Å². The Morgan fingerprint density at radius 3 is 2.64 bits per heavy atom. The first-order valence-electron chi connectivity index (χ1n) is 13.7. The number of hydrogen-bond donors (Lipinski definition) is 5. The number of imidazole rings is 1. The van der Waals surface area contributed by atoms with Crippen molar-refractivity contribution in [3.63, 3.8) is 0 Å². The topological polar surface area (TPSA) is 171 Å². The Kier molecular flexibility index (Phi) is 7.06. The molecule has 6 rings (SSSR count). The maximum absolute atomic E-state index is 13.5. The third-order valence-corrected chi connectivity index (χ3v) is 7.88. The smallest absolute Gasteiger partial charge is 0.323 e. The summed E-state index contributed by atoms with van der Waals surface area (Å²) in [4.78, 5) is 40.6. The summed E-state index contributed by atoms with van der Waals surface area (Å²) < 4.78 is 20.5. The summed E-state index contributed by atoms with van der Waals surface area (Å²) in [7, 11) is 1.56. The fourth-order valence-corrected chi connectivity index (χ4v) is 5.54. The van der Waals surface area contributed by atoms with Crippen molar-refractivity contribution < 1.29 is 13.9 Å². The average molecular weight is 575 g/mol. The zero-order valence-corrected chi connectivity index (χ0v) is 23.4. The molecule has 0 spiro atoms. The highest BCUT2D eigenvalue weighted by Gasteiger charge is 2.43. The van der Waals surface area contributed by atoms with Gasteiger partial charge in [-0.15, -0.1) is 0 Å². The van der Waals surface area contributed by atoms with E-state index in [9.17, 15) is 14.0 Å². The molecular formula is C28H31FN10O3. The van der Waals surface area contributed by atoms with Gasteiger partial charge in [0.1, 0.15) is 11.4 Å². The highest BCUT2D eigenvalue weighted by molar-refractivity contribution is 5.86. The lowest BCUT2D eigenvalue weighted by molar-refractivity contribution is -0.148. The second-order valence-electron chi connectivity index (χ2n) is 10.7. The lowest BCUT2D eigenvalue weighted by Gasteiger charge is -2.38. The van der Waals surface area contributed by atoms with Gasteiger partial charge in [0.05, 0.1) is 35.2 Å². The Labute approximate surface area is 239 Å². The van der Waals surface area contributed by atoms with Crippen LogP contribution in [0.5, 0.6) is 0 Å². The maximum Gasteiger partial charge on any atom is 0.323 e. The third kappa shape index (κ3) is 5.28. The van der Waals surface area contributed by atoms with Crippen LogP contribution in [0.2, 0.25) is 0 Å². The first-order valence-corrected chi connectivity index (χ1v) is 13.7. The minimum atomic E-state index is -1.00. The molecule has 1 saturated carbocycles. The van der Waals surface area contributed by atoms with Gasteiger partial charge in [0.2, 0.25) is 0 Å². The lowest BCUT2D eigenvalue weighted by atomic mass is 9.76. The first-order chi connectivity index (χ1) is 20.2. The van der Waals surface area contributed by atoms with E-state index in [2.05, 4.69) is 40.9 Å². The van der Waals surface area contributed by atoms with Crippen molar-refractivity contribution in [3.8, 4) is 5.82 Å². The summed E-state index contributed by atoms with van der Waals surface area (Å²) in [5, 5.41) is 17.3. The van der Waals surface area contributed by atoms with E-state index in [1.807, 2.05) is 26.0 Å². The Bertz CT molecular complexity index is 1780. The number of aromatic nitrogens is 8. The number of hydrogen-bond acceptors (Lipinski definition) is 8. The number of nitrogens with zero attached hydrogens (tertiary/aromatic N) is 5.